The van der Waals surface area contributed by atoms with Crippen molar-refractivity contribution < 1.29 is 63.5 Å². The van der Waals surface area contributed by atoms with Crippen LogP contribution in [-0.4, -0.2) is 149 Å². The van der Waals surface area contributed by atoms with E-state index in [2.05, 4.69) is 0 Å². The third kappa shape index (κ3) is 11.1. The van der Waals surface area contributed by atoms with Gasteiger partial charge in [-0.05, 0) is 60.0 Å². The maximum atomic E-state index is 12.8. The van der Waals surface area contributed by atoms with Crippen LogP contribution < -0.4 is 0 Å². The van der Waals surface area contributed by atoms with E-state index in [1.807, 2.05) is 13.0 Å². The SMILES string of the molecule is CO[C@@H]1[C@H](O[C@@H]2O[C@H](C)[C@@H](O[C@H]3C[C@@](C)(O)[C@@H](O)[C@H](C)O3)[C@H](N(C)C)[C@H]2O)[C@@H](CC=O)C[C@@H](C)[C@@H](O)/C=C/C=C/C[C@@H](C)OC(=O)C[C@H]1O. The molecule has 0 aromatic heterocycles. The van der Waals surface area contributed by atoms with Crippen molar-refractivity contribution in [2.75, 3.05) is 21.2 Å². The number of carbonyl (C=O) groups is 2. The number of likely N-dealkylation sites (N-methyl/N-ethyl adjacent to an activating group) is 1. The average Bonchev–Trinajstić information content (AvgIpc) is 3.00. The summed E-state index contributed by atoms with van der Waals surface area (Å²) >= 11 is 0. The van der Waals surface area contributed by atoms with Crippen LogP contribution in [0.25, 0.3) is 0 Å². The van der Waals surface area contributed by atoms with Crippen molar-refractivity contribution in [3.05, 3.63) is 24.3 Å². The first-order valence-corrected chi connectivity index (χ1v) is 17.2. The number of nitrogens with zero attached hydrogens (tertiary/aromatic N) is 1. The Bertz CT molecular complexity index is 1100. The Morgan fingerprint density at radius 3 is 2.31 bits per heavy atom. The van der Waals surface area contributed by atoms with E-state index in [9.17, 15) is 35.1 Å². The number of esters is 1. The molecule has 0 bridgehead atoms. The highest BCUT2D eigenvalue weighted by Gasteiger charge is 2.51. The van der Waals surface area contributed by atoms with E-state index in [-0.39, 0.29) is 25.2 Å². The molecule has 0 unspecified atom stereocenters. The third-order valence-electron chi connectivity index (χ3n) is 9.83. The van der Waals surface area contributed by atoms with Crippen molar-refractivity contribution in [2.45, 2.75) is 152 Å². The minimum absolute atomic E-state index is 0.0164. The lowest BCUT2D eigenvalue weighted by atomic mass is 9.82. The summed E-state index contributed by atoms with van der Waals surface area (Å²) in [5.41, 5.74) is -1.46. The minimum Gasteiger partial charge on any atom is -0.462 e. The number of cyclic esters (lactones) is 1. The van der Waals surface area contributed by atoms with Crippen molar-refractivity contribution in [1.82, 2.24) is 4.90 Å². The fourth-order valence-electron chi connectivity index (χ4n) is 7.04. The Labute approximate surface area is 289 Å². The number of carbonyl (C=O) groups excluding carboxylic acids is 2. The second kappa shape index (κ2) is 18.6. The molecule has 3 rings (SSSR count). The number of aliphatic hydroxyl groups is 5. The van der Waals surface area contributed by atoms with Gasteiger partial charge < -0.3 is 63.6 Å². The first kappa shape index (κ1) is 41.6. The quantitative estimate of drug-likeness (QED) is 0.177. The standard InChI is InChI=1S/C35H59NO13/c1-19-16-23(14-15-37)31(32(44-8)25(39)17-26(40)45-20(2)12-10-9-11-13-24(19)38)49-34-29(41)28(36(6)7)30(21(3)47-34)48-27-18-35(5,43)33(42)22(4)46-27/h9-11,13,15,19-25,27-34,38-39,41-43H,12,14,16-18H2,1-8H3/b10-9+,13-11+/t19-,20-,21-,22+,23+,24+,25-,27+,28-,29-,30-,31-,32+,33+,34+,35-/m1/s1. The third-order valence-corrected chi connectivity index (χ3v) is 9.83. The molecule has 2 fully saturated rings. The van der Waals surface area contributed by atoms with Crippen LogP contribution >= 0.6 is 0 Å². The Balaban J connectivity index is 1.94. The van der Waals surface area contributed by atoms with Crippen LogP contribution in [0.15, 0.2) is 24.3 Å². The number of rotatable bonds is 8. The van der Waals surface area contributed by atoms with Gasteiger partial charge in [0.1, 0.15) is 36.8 Å². The number of aliphatic hydroxyl groups excluding tert-OH is 4. The average molecular weight is 702 g/mol. The van der Waals surface area contributed by atoms with Crippen molar-refractivity contribution in [3.63, 3.8) is 0 Å². The summed E-state index contributed by atoms with van der Waals surface area (Å²) < 4.78 is 36.1. The lowest BCUT2D eigenvalue weighted by Gasteiger charge is -2.50. The summed E-state index contributed by atoms with van der Waals surface area (Å²) in [5.74, 6) is -1.64. The highest BCUT2D eigenvalue weighted by molar-refractivity contribution is 5.70. The van der Waals surface area contributed by atoms with Gasteiger partial charge in [-0.3, -0.25) is 4.79 Å². The van der Waals surface area contributed by atoms with Crippen LogP contribution in [0.1, 0.15) is 66.7 Å². The van der Waals surface area contributed by atoms with Crippen LogP contribution in [0.5, 0.6) is 0 Å². The molecule has 0 aromatic carbocycles. The first-order valence-electron chi connectivity index (χ1n) is 17.2. The number of ether oxygens (including phenoxy) is 6. The van der Waals surface area contributed by atoms with E-state index < -0.39 is 104 Å². The molecule has 3 heterocycles. The Morgan fingerprint density at radius 1 is 1.00 bits per heavy atom. The lowest BCUT2D eigenvalue weighted by molar-refractivity contribution is -0.344. The van der Waals surface area contributed by atoms with Gasteiger partial charge in [0, 0.05) is 26.4 Å². The van der Waals surface area contributed by atoms with Crippen molar-refractivity contribution in [2.24, 2.45) is 11.8 Å². The number of aldehydes is 1. The molecule has 282 valence electrons. The largest absolute Gasteiger partial charge is 0.462 e. The smallest absolute Gasteiger partial charge is 0.308 e. The van der Waals surface area contributed by atoms with Gasteiger partial charge in [-0.15, -0.1) is 0 Å². The second-order valence-corrected chi connectivity index (χ2v) is 14.3. The molecule has 49 heavy (non-hydrogen) atoms. The topological polar surface area (TPSA) is 194 Å². The highest BCUT2D eigenvalue weighted by Crippen LogP contribution is 2.36. The molecule has 3 aliphatic heterocycles. The molecule has 0 aromatic rings. The van der Waals surface area contributed by atoms with E-state index in [0.717, 1.165) is 6.29 Å². The van der Waals surface area contributed by atoms with Crippen molar-refractivity contribution in [1.29, 1.82) is 0 Å². The molecule has 5 N–H and O–H groups in total. The lowest BCUT2D eigenvalue weighted by Crippen LogP contribution is -2.65. The predicted molar refractivity (Wildman–Crippen MR) is 177 cm³/mol. The summed E-state index contributed by atoms with van der Waals surface area (Å²) in [4.78, 5) is 26.6. The van der Waals surface area contributed by atoms with E-state index in [1.165, 1.54) is 14.0 Å². The van der Waals surface area contributed by atoms with Gasteiger partial charge in [0.15, 0.2) is 12.6 Å². The maximum absolute atomic E-state index is 12.8. The number of methoxy groups -OCH3 is 1. The normalized spacial score (nSPS) is 46.2. The van der Waals surface area contributed by atoms with Gasteiger partial charge >= 0.3 is 5.97 Å². The molecule has 14 heteroatoms. The molecule has 14 nitrogen and oxygen atoms in total. The molecule has 3 aliphatic rings. The van der Waals surface area contributed by atoms with Gasteiger partial charge in [0.2, 0.25) is 0 Å². The van der Waals surface area contributed by atoms with Gasteiger partial charge in [-0.2, -0.15) is 0 Å². The molecule has 0 spiro atoms. The van der Waals surface area contributed by atoms with E-state index >= 15 is 0 Å². The zero-order chi connectivity index (χ0) is 36.6. The Hall–Kier alpha value is -1.82. The molecule has 0 radical (unpaired) electrons. The summed E-state index contributed by atoms with van der Waals surface area (Å²) in [7, 11) is 4.86. The maximum Gasteiger partial charge on any atom is 0.308 e. The fourth-order valence-corrected chi connectivity index (χ4v) is 7.04. The summed E-state index contributed by atoms with van der Waals surface area (Å²) in [5, 5.41) is 55.2. The Kier molecular flexibility index (Phi) is 15.8. The molecule has 16 atom stereocenters. The van der Waals surface area contributed by atoms with Crippen LogP contribution in [-0.2, 0) is 38.0 Å². The molecule has 0 amide bonds. The molecule has 0 aliphatic carbocycles. The van der Waals surface area contributed by atoms with Crippen LogP contribution in [0.4, 0.5) is 0 Å². The zero-order valence-electron chi connectivity index (χ0n) is 30.0. The molecular formula is C35H59NO13. The fraction of sp³-hybridized carbons (Fsp3) is 0.829. The zero-order valence-corrected chi connectivity index (χ0v) is 30.0. The Morgan fingerprint density at radius 2 is 1.69 bits per heavy atom. The van der Waals surface area contributed by atoms with Crippen molar-refractivity contribution >= 4 is 12.3 Å². The van der Waals surface area contributed by atoms with Gasteiger partial charge in [0.25, 0.3) is 0 Å². The van der Waals surface area contributed by atoms with E-state index in [0.29, 0.717) is 6.42 Å². The van der Waals surface area contributed by atoms with Gasteiger partial charge in [-0.25, -0.2) is 0 Å². The minimum atomic E-state index is -1.46. The summed E-state index contributed by atoms with van der Waals surface area (Å²) in [6.07, 6.45) is -4.00. The van der Waals surface area contributed by atoms with Gasteiger partial charge in [0.05, 0.1) is 48.6 Å². The van der Waals surface area contributed by atoms with Crippen molar-refractivity contribution in [3.8, 4) is 0 Å². The molecule has 2 saturated heterocycles. The van der Waals surface area contributed by atoms with Crippen LogP contribution in [0.3, 0.4) is 0 Å². The number of hydrogen-bond acceptors (Lipinski definition) is 14. The highest BCUT2D eigenvalue weighted by atomic mass is 16.7. The second-order valence-electron chi connectivity index (χ2n) is 14.3. The van der Waals surface area contributed by atoms with E-state index in [4.69, 9.17) is 28.4 Å². The predicted octanol–water partition coefficient (Wildman–Crippen LogP) is 0.846. The van der Waals surface area contributed by atoms with E-state index in [1.54, 1.807) is 58.0 Å². The summed E-state index contributed by atoms with van der Waals surface area (Å²) in [6.45, 7) is 8.44. The monoisotopic (exact) mass is 701 g/mol. The van der Waals surface area contributed by atoms with Crippen LogP contribution in [0.2, 0.25) is 0 Å². The summed E-state index contributed by atoms with van der Waals surface area (Å²) in [6, 6.07) is -0.721. The van der Waals surface area contributed by atoms with Gasteiger partial charge in [-0.1, -0.05) is 31.2 Å². The first-order chi connectivity index (χ1) is 23.0. The molecule has 0 saturated carbocycles. The van der Waals surface area contributed by atoms with Crippen LogP contribution in [0, 0.1) is 11.8 Å². The number of hydrogen-bond donors (Lipinski definition) is 5. The molecular weight excluding hydrogens is 642 g/mol. The number of allylic oxidation sites excluding steroid dienone is 2.